The molecule has 38 heavy (non-hydrogen) atoms. The Labute approximate surface area is 231 Å². The molecule has 0 aliphatic rings. The van der Waals surface area contributed by atoms with Crippen molar-refractivity contribution in [2.45, 2.75) is 111 Å². The normalized spacial score (nSPS) is 12.7. The Kier molecular flexibility index (Phi) is 9.22. The summed E-state index contributed by atoms with van der Waals surface area (Å²) in [7, 11) is 0. The van der Waals surface area contributed by atoms with Gasteiger partial charge in [-0.1, -0.05) is 113 Å². The van der Waals surface area contributed by atoms with Gasteiger partial charge >= 0.3 is 0 Å². The maximum atomic E-state index is 10.7. The summed E-state index contributed by atoms with van der Waals surface area (Å²) in [6, 6.07) is 18.4. The summed E-state index contributed by atoms with van der Waals surface area (Å²) in [6.45, 7) is 25.2. The first-order valence-electron chi connectivity index (χ1n) is 13.6. The SMILES string of the molecule is CC(C)(C)c1cc(-c2ccccc2)cc(C(C)(C)C)c1O.CC(C)(C)c1cc(CO)cc(C(C)(C)C)c1O. The summed E-state index contributed by atoms with van der Waals surface area (Å²) < 4.78 is 0. The molecule has 0 aliphatic heterocycles. The van der Waals surface area contributed by atoms with Crippen LogP contribution in [-0.2, 0) is 28.3 Å². The molecule has 0 atom stereocenters. The highest BCUT2D eigenvalue weighted by molar-refractivity contribution is 5.69. The van der Waals surface area contributed by atoms with Crippen LogP contribution in [0.1, 0.15) is 111 Å². The average Bonchev–Trinajstić information content (AvgIpc) is 2.77. The van der Waals surface area contributed by atoms with Gasteiger partial charge in [0.15, 0.2) is 0 Å². The van der Waals surface area contributed by atoms with E-state index in [1.165, 1.54) is 11.1 Å². The lowest BCUT2D eigenvalue weighted by Crippen LogP contribution is -2.17. The lowest BCUT2D eigenvalue weighted by Gasteiger charge is -2.28. The van der Waals surface area contributed by atoms with E-state index in [9.17, 15) is 15.3 Å². The molecule has 0 spiro atoms. The van der Waals surface area contributed by atoms with Gasteiger partial charge in [0, 0.05) is 11.1 Å². The molecule has 0 radical (unpaired) electrons. The Morgan fingerprint density at radius 1 is 0.474 bits per heavy atom. The summed E-state index contributed by atoms with van der Waals surface area (Å²) in [5.41, 5.74) is 6.59. The van der Waals surface area contributed by atoms with Gasteiger partial charge in [-0.15, -0.1) is 0 Å². The van der Waals surface area contributed by atoms with Crippen molar-refractivity contribution in [1.82, 2.24) is 0 Å². The highest BCUT2D eigenvalue weighted by Crippen LogP contribution is 2.42. The molecular weight excluding hydrogens is 468 g/mol. The number of aromatic hydroxyl groups is 2. The van der Waals surface area contributed by atoms with Gasteiger partial charge in [0.25, 0.3) is 0 Å². The monoisotopic (exact) mass is 518 g/mol. The molecule has 3 nitrogen and oxygen atoms in total. The Hall–Kier alpha value is -2.78. The first-order chi connectivity index (χ1) is 17.2. The van der Waals surface area contributed by atoms with Crippen LogP contribution in [0.25, 0.3) is 11.1 Å². The van der Waals surface area contributed by atoms with Crippen LogP contribution in [0, 0.1) is 0 Å². The fraction of sp³-hybridized carbons (Fsp3) is 0.486. The minimum Gasteiger partial charge on any atom is -0.507 e. The third-order valence-electron chi connectivity index (χ3n) is 6.80. The van der Waals surface area contributed by atoms with Crippen molar-refractivity contribution in [1.29, 1.82) is 0 Å². The molecule has 208 valence electrons. The predicted octanol–water partition coefficient (Wildman–Crippen LogP) is 9.13. The van der Waals surface area contributed by atoms with Gasteiger partial charge in [0.1, 0.15) is 11.5 Å². The molecule has 0 heterocycles. The number of aliphatic hydroxyl groups is 1. The minimum absolute atomic E-state index is 0.00639. The molecule has 0 saturated heterocycles. The Balaban J connectivity index is 0.000000273. The molecule has 3 aromatic carbocycles. The minimum atomic E-state index is -0.130. The second kappa shape index (κ2) is 11.1. The van der Waals surface area contributed by atoms with Crippen molar-refractivity contribution in [2.24, 2.45) is 0 Å². The zero-order valence-corrected chi connectivity index (χ0v) is 25.7. The van der Waals surface area contributed by atoms with Crippen LogP contribution in [0.4, 0.5) is 0 Å². The van der Waals surface area contributed by atoms with Crippen LogP contribution in [0.15, 0.2) is 54.6 Å². The molecule has 0 bridgehead atoms. The summed E-state index contributed by atoms with van der Waals surface area (Å²) in [4.78, 5) is 0. The van der Waals surface area contributed by atoms with Gasteiger partial charge in [0.2, 0.25) is 0 Å². The zero-order valence-electron chi connectivity index (χ0n) is 25.7. The largest absolute Gasteiger partial charge is 0.507 e. The molecule has 3 heteroatoms. The van der Waals surface area contributed by atoms with Gasteiger partial charge in [-0.05, 0) is 73.7 Å². The topological polar surface area (TPSA) is 60.7 Å². The van der Waals surface area contributed by atoms with E-state index in [0.717, 1.165) is 27.8 Å². The van der Waals surface area contributed by atoms with E-state index >= 15 is 0 Å². The van der Waals surface area contributed by atoms with E-state index in [2.05, 4.69) is 119 Å². The number of benzene rings is 3. The van der Waals surface area contributed by atoms with Crippen molar-refractivity contribution in [3.8, 4) is 22.6 Å². The van der Waals surface area contributed by atoms with E-state index < -0.39 is 0 Å². The fourth-order valence-corrected chi connectivity index (χ4v) is 4.50. The first-order valence-corrected chi connectivity index (χ1v) is 13.6. The highest BCUT2D eigenvalue weighted by Gasteiger charge is 2.27. The predicted molar refractivity (Wildman–Crippen MR) is 162 cm³/mol. The number of hydrogen-bond acceptors (Lipinski definition) is 3. The van der Waals surface area contributed by atoms with Crippen molar-refractivity contribution in [3.63, 3.8) is 0 Å². The van der Waals surface area contributed by atoms with Crippen molar-refractivity contribution < 1.29 is 15.3 Å². The molecular formula is C35H50O3. The van der Waals surface area contributed by atoms with Gasteiger partial charge in [-0.2, -0.15) is 0 Å². The maximum absolute atomic E-state index is 10.7. The third-order valence-corrected chi connectivity index (χ3v) is 6.80. The summed E-state index contributed by atoms with van der Waals surface area (Å²) >= 11 is 0. The van der Waals surface area contributed by atoms with Crippen molar-refractivity contribution in [2.75, 3.05) is 0 Å². The maximum Gasteiger partial charge on any atom is 0.123 e. The van der Waals surface area contributed by atoms with Crippen LogP contribution in [-0.4, -0.2) is 15.3 Å². The lowest BCUT2D eigenvalue weighted by atomic mass is 9.78. The van der Waals surface area contributed by atoms with E-state index in [4.69, 9.17) is 0 Å². The molecule has 0 aromatic heterocycles. The van der Waals surface area contributed by atoms with Crippen LogP contribution >= 0.6 is 0 Å². The smallest absolute Gasteiger partial charge is 0.123 e. The standard InChI is InChI=1S/C20H26O.C15H24O2/c1-19(2,3)16-12-15(14-10-8-7-9-11-14)13-17(18(16)21)20(4,5)6;1-14(2,3)11-7-10(9-16)8-12(13(11)17)15(4,5)6/h7-13,21H,1-6H3;7-8,16-17H,9H2,1-6H3. The highest BCUT2D eigenvalue weighted by atomic mass is 16.3. The number of rotatable bonds is 2. The van der Waals surface area contributed by atoms with E-state index in [1.54, 1.807) is 0 Å². The Bertz CT molecular complexity index is 1160. The number of phenols is 2. The second-order valence-electron chi connectivity index (χ2n) is 14.5. The van der Waals surface area contributed by atoms with Gasteiger partial charge in [-0.3, -0.25) is 0 Å². The summed E-state index contributed by atoms with van der Waals surface area (Å²) in [5, 5.41) is 30.5. The fourth-order valence-electron chi connectivity index (χ4n) is 4.50. The van der Waals surface area contributed by atoms with E-state index in [0.29, 0.717) is 11.5 Å². The number of aliphatic hydroxyl groups excluding tert-OH is 1. The molecule has 0 saturated carbocycles. The van der Waals surface area contributed by atoms with Gasteiger partial charge in [-0.25, -0.2) is 0 Å². The summed E-state index contributed by atoms with van der Waals surface area (Å²) in [6.07, 6.45) is 0. The quantitative estimate of drug-likeness (QED) is 0.317. The average molecular weight is 519 g/mol. The molecule has 3 rings (SSSR count). The molecule has 0 unspecified atom stereocenters. The molecule has 0 aliphatic carbocycles. The van der Waals surface area contributed by atoms with Crippen LogP contribution in [0.3, 0.4) is 0 Å². The lowest BCUT2D eigenvalue weighted by molar-refractivity contribution is 0.281. The van der Waals surface area contributed by atoms with Crippen LogP contribution < -0.4 is 0 Å². The Morgan fingerprint density at radius 3 is 1.08 bits per heavy atom. The number of hydrogen-bond donors (Lipinski definition) is 3. The zero-order chi connectivity index (χ0) is 29.3. The molecule has 0 amide bonds. The van der Waals surface area contributed by atoms with Gasteiger partial charge in [0.05, 0.1) is 6.61 Å². The van der Waals surface area contributed by atoms with E-state index in [-0.39, 0.29) is 28.3 Å². The number of phenolic OH excluding ortho intramolecular Hbond substituents is 2. The van der Waals surface area contributed by atoms with Crippen molar-refractivity contribution in [3.05, 3.63) is 82.4 Å². The Morgan fingerprint density at radius 2 is 0.789 bits per heavy atom. The van der Waals surface area contributed by atoms with Crippen LogP contribution in [0.5, 0.6) is 11.5 Å². The van der Waals surface area contributed by atoms with Crippen LogP contribution in [0.2, 0.25) is 0 Å². The molecule has 3 aromatic rings. The van der Waals surface area contributed by atoms with Crippen molar-refractivity contribution >= 4 is 0 Å². The molecule has 3 N–H and O–H groups in total. The first kappa shape index (κ1) is 31.4. The summed E-state index contributed by atoms with van der Waals surface area (Å²) in [5.74, 6) is 0.803. The molecule has 0 fully saturated rings. The van der Waals surface area contributed by atoms with E-state index in [1.807, 2.05) is 18.2 Å². The second-order valence-corrected chi connectivity index (χ2v) is 14.5. The van der Waals surface area contributed by atoms with Gasteiger partial charge < -0.3 is 15.3 Å². The third kappa shape index (κ3) is 7.63.